The summed E-state index contributed by atoms with van der Waals surface area (Å²) in [7, 11) is 0. The molecule has 1 fully saturated rings. The van der Waals surface area contributed by atoms with Gasteiger partial charge in [0.1, 0.15) is 0 Å². The average Bonchev–Trinajstić information content (AvgIpc) is 3.08. The smallest absolute Gasteiger partial charge is 0.305 e. The number of nitrogens with one attached hydrogen (secondary N) is 1. The van der Waals surface area contributed by atoms with Gasteiger partial charge in [-0.05, 0) is 18.4 Å². The molecule has 0 aliphatic heterocycles. The molecule has 1 saturated carbocycles. The number of carbonyl (C=O) groups is 2. The van der Waals surface area contributed by atoms with Crippen molar-refractivity contribution in [3.05, 3.63) is 35.9 Å². The van der Waals surface area contributed by atoms with Crippen LogP contribution >= 0.6 is 0 Å². The normalized spacial score (nSPS) is 17.8. The molecule has 1 amide bonds. The third-order valence-electron chi connectivity index (χ3n) is 3.13. The summed E-state index contributed by atoms with van der Waals surface area (Å²) in [5, 5.41) is 11.6. The summed E-state index contributed by atoms with van der Waals surface area (Å²) >= 11 is 0. The molecule has 1 aromatic carbocycles. The number of nitrogens with two attached hydrogens (primary N) is 1. The molecule has 2 rings (SSSR count). The molecular weight excluding hydrogens is 232 g/mol. The molecular formula is C13H16N2O3. The number of rotatable bonds is 5. The molecule has 18 heavy (non-hydrogen) atoms. The van der Waals surface area contributed by atoms with E-state index in [0.717, 1.165) is 5.56 Å². The van der Waals surface area contributed by atoms with Crippen molar-refractivity contribution in [3.63, 3.8) is 0 Å². The molecule has 0 bridgehead atoms. The van der Waals surface area contributed by atoms with Gasteiger partial charge >= 0.3 is 5.97 Å². The zero-order chi connectivity index (χ0) is 13.2. The van der Waals surface area contributed by atoms with Crippen molar-refractivity contribution in [1.82, 2.24) is 5.32 Å². The van der Waals surface area contributed by atoms with Crippen LogP contribution in [-0.4, -0.2) is 22.5 Å². The van der Waals surface area contributed by atoms with Gasteiger partial charge < -0.3 is 16.2 Å². The molecule has 1 aliphatic rings. The molecule has 1 atom stereocenters. The lowest BCUT2D eigenvalue weighted by atomic mass is 10.0. The summed E-state index contributed by atoms with van der Waals surface area (Å²) in [6.07, 6.45) is 1.17. The van der Waals surface area contributed by atoms with Crippen molar-refractivity contribution < 1.29 is 14.7 Å². The number of carboxylic acid groups (broad SMARTS) is 1. The number of hydrogen-bond donors (Lipinski definition) is 3. The number of hydrogen-bond acceptors (Lipinski definition) is 3. The Hall–Kier alpha value is -1.88. The van der Waals surface area contributed by atoms with Gasteiger partial charge in [-0.2, -0.15) is 0 Å². The monoisotopic (exact) mass is 248 g/mol. The van der Waals surface area contributed by atoms with Crippen molar-refractivity contribution in [3.8, 4) is 0 Å². The van der Waals surface area contributed by atoms with E-state index in [1.165, 1.54) is 0 Å². The van der Waals surface area contributed by atoms with Crippen LogP contribution < -0.4 is 11.1 Å². The second-order valence-electron chi connectivity index (χ2n) is 4.69. The Morgan fingerprint density at radius 3 is 2.44 bits per heavy atom. The van der Waals surface area contributed by atoms with Crippen LogP contribution in [0.25, 0.3) is 0 Å². The van der Waals surface area contributed by atoms with Gasteiger partial charge in [-0.25, -0.2) is 0 Å². The average molecular weight is 248 g/mol. The molecule has 0 aromatic heterocycles. The van der Waals surface area contributed by atoms with E-state index in [1.54, 1.807) is 12.1 Å². The Bertz CT molecular complexity index is 455. The van der Waals surface area contributed by atoms with Gasteiger partial charge in [-0.1, -0.05) is 30.3 Å². The first-order valence-electron chi connectivity index (χ1n) is 5.88. The maximum absolute atomic E-state index is 11.9. The van der Waals surface area contributed by atoms with Crippen molar-refractivity contribution in [2.75, 3.05) is 0 Å². The summed E-state index contributed by atoms with van der Waals surface area (Å²) in [6, 6.07) is 8.52. The van der Waals surface area contributed by atoms with Crippen molar-refractivity contribution >= 4 is 11.9 Å². The largest absolute Gasteiger partial charge is 0.481 e. The molecule has 1 aliphatic carbocycles. The summed E-state index contributed by atoms with van der Waals surface area (Å²) in [5.41, 5.74) is 5.78. The van der Waals surface area contributed by atoms with Gasteiger partial charge in [0, 0.05) is 0 Å². The van der Waals surface area contributed by atoms with E-state index in [9.17, 15) is 9.59 Å². The Kier molecular flexibility index (Phi) is 3.34. The summed E-state index contributed by atoms with van der Waals surface area (Å²) in [4.78, 5) is 22.7. The highest BCUT2D eigenvalue weighted by molar-refractivity contribution is 5.89. The second kappa shape index (κ2) is 4.78. The lowest BCUT2D eigenvalue weighted by molar-refractivity contribution is -0.137. The van der Waals surface area contributed by atoms with E-state index in [1.807, 2.05) is 18.2 Å². The second-order valence-corrected chi connectivity index (χ2v) is 4.69. The lowest BCUT2D eigenvalue weighted by Gasteiger charge is -2.19. The predicted molar refractivity (Wildman–Crippen MR) is 65.7 cm³/mol. The van der Waals surface area contributed by atoms with Crippen LogP contribution in [0.15, 0.2) is 30.3 Å². The molecule has 5 heteroatoms. The van der Waals surface area contributed by atoms with E-state index in [2.05, 4.69) is 5.32 Å². The van der Waals surface area contributed by atoms with E-state index in [-0.39, 0.29) is 12.3 Å². The molecule has 1 unspecified atom stereocenters. The molecule has 0 radical (unpaired) electrons. The van der Waals surface area contributed by atoms with Crippen molar-refractivity contribution in [1.29, 1.82) is 0 Å². The molecule has 5 nitrogen and oxygen atoms in total. The fraction of sp³-hybridized carbons (Fsp3) is 0.385. The van der Waals surface area contributed by atoms with Crippen LogP contribution in [0.4, 0.5) is 0 Å². The molecule has 1 aromatic rings. The highest BCUT2D eigenvalue weighted by atomic mass is 16.4. The summed E-state index contributed by atoms with van der Waals surface area (Å²) in [5.74, 6) is -1.22. The van der Waals surface area contributed by atoms with Crippen LogP contribution in [0, 0.1) is 0 Å². The first-order valence-corrected chi connectivity index (χ1v) is 5.88. The lowest BCUT2D eigenvalue weighted by Crippen LogP contribution is -2.44. The SMILES string of the molecule is NC1(C(=O)NC(CC(=O)O)c2ccccc2)CC1. The number of carboxylic acids is 1. The molecule has 96 valence electrons. The highest BCUT2D eigenvalue weighted by Crippen LogP contribution is 2.33. The van der Waals surface area contributed by atoms with E-state index >= 15 is 0 Å². The Morgan fingerprint density at radius 1 is 1.33 bits per heavy atom. The van der Waals surface area contributed by atoms with Gasteiger partial charge in [0.25, 0.3) is 0 Å². The first kappa shape index (κ1) is 12.6. The Morgan fingerprint density at radius 2 is 1.94 bits per heavy atom. The van der Waals surface area contributed by atoms with E-state index < -0.39 is 17.6 Å². The molecule has 0 saturated heterocycles. The van der Waals surface area contributed by atoms with Gasteiger partial charge in [-0.3, -0.25) is 9.59 Å². The molecule has 0 spiro atoms. The van der Waals surface area contributed by atoms with Gasteiger partial charge in [0.15, 0.2) is 0 Å². The van der Waals surface area contributed by atoms with Crippen molar-refractivity contribution in [2.45, 2.75) is 30.8 Å². The zero-order valence-electron chi connectivity index (χ0n) is 9.93. The van der Waals surface area contributed by atoms with Gasteiger partial charge in [0.05, 0.1) is 18.0 Å². The Labute approximate surface area is 105 Å². The Balaban J connectivity index is 2.10. The van der Waals surface area contributed by atoms with Crippen molar-refractivity contribution in [2.24, 2.45) is 5.73 Å². The standard InChI is InChI=1S/C13H16N2O3/c14-13(6-7-13)12(18)15-10(8-11(16)17)9-4-2-1-3-5-9/h1-5,10H,6-8,14H2,(H,15,18)(H,16,17). The van der Waals surface area contributed by atoms with Crippen LogP contribution in [0.3, 0.4) is 0 Å². The third-order valence-corrected chi connectivity index (χ3v) is 3.13. The minimum atomic E-state index is -0.953. The predicted octanol–water partition coefficient (Wildman–Crippen LogP) is 0.810. The number of aliphatic carboxylic acids is 1. The summed E-state index contributed by atoms with van der Waals surface area (Å²) < 4.78 is 0. The minimum Gasteiger partial charge on any atom is -0.481 e. The van der Waals surface area contributed by atoms with Gasteiger partial charge in [0.2, 0.25) is 5.91 Å². The topological polar surface area (TPSA) is 92.4 Å². The van der Waals surface area contributed by atoms with Crippen LogP contribution in [-0.2, 0) is 9.59 Å². The minimum absolute atomic E-state index is 0.147. The third kappa shape index (κ3) is 2.87. The highest BCUT2D eigenvalue weighted by Gasteiger charge is 2.46. The summed E-state index contributed by atoms with van der Waals surface area (Å²) in [6.45, 7) is 0. The number of carbonyl (C=O) groups excluding carboxylic acids is 1. The first-order chi connectivity index (χ1) is 8.51. The molecule has 0 heterocycles. The van der Waals surface area contributed by atoms with Crippen LogP contribution in [0.2, 0.25) is 0 Å². The number of benzene rings is 1. The zero-order valence-corrected chi connectivity index (χ0v) is 9.93. The maximum atomic E-state index is 11.9. The molecule has 4 N–H and O–H groups in total. The van der Waals surface area contributed by atoms with E-state index in [0.29, 0.717) is 12.8 Å². The fourth-order valence-electron chi connectivity index (χ4n) is 1.78. The fourth-order valence-corrected chi connectivity index (χ4v) is 1.78. The van der Waals surface area contributed by atoms with E-state index in [4.69, 9.17) is 10.8 Å². The van der Waals surface area contributed by atoms with Gasteiger partial charge in [-0.15, -0.1) is 0 Å². The quantitative estimate of drug-likeness (QED) is 0.719. The van der Waals surface area contributed by atoms with Crippen LogP contribution in [0.5, 0.6) is 0 Å². The maximum Gasteiger partial charge on any atom is 0.305 e. The number of amides is 1. The van der Waals surface area contributed by atoms with Crippen LogP contribution in [0.1, 0.15) is 30.9 Å².